The Hall–Kier alpha value is -2.48. The quantitative estimate of drug-likeness (QED) is 0.844. The van der Waals surface area contributed by atoms with Crippen LogP contribution in [0.4, 0.5) is 14.5 Å². The van der Waals surface area contributed by atoms with Gasteiger partial charge in [-0.15, -0.1) is 0 Å². The number of carbonyl (C=O) groups is 1. The fourth-order valence-electron chi connectivity index (χ4n) is 4.89. The molecule has 1 saturated carbocycles. The molecule has 0 radical (unpaired) electrons. The van der Waals surface area contributed by atoms with Crippen LogP contribution in [-0.2, 0) is 0 Å². The summed E-state index contributed by atoms with van der Waals surface area (Å²) in [7, 11) is 0. The molecular weight excluding hydrogens is 368 g/mol. The minimum atomic E-state index is -1.39. The Kier molecular flexibility index (Phi) is 3.62. The van der Waals surface area contributed by atoms with Gasteiger partial charge in [0.1, 0.15) is 17.1 Å². The number of hydrogen-bond donors (Lipinski definition) is 2. The van der Waals surface area contributed by atoms with Crippen LogP contribution in [0.1, 0.15) is 42.6 Å². The Labute approximate surface area is 159 Å². The summed E-state index contributed by atoms with van der Waals surface area (Å²) in [5.74, 6) is -2.98. The molecule has 0 amide bonds. The van der Waals surface area contributed by atoms with Gasteiger partial charge in [0.15, 0.2) is 5.82 Å². The number of pyridine rings is 1. The van der Waals surface area contributed by atoms with Gasteiger partial charge in [0.2, 0.25) is 5.43 Å². The molecule has 2 saturated heterocycles. The smallest absolute Gasteiger partial charge is 0.341 e. The number of carboxylic acid groups (broad SMARTS) is 1. The van der Waals surface area contributed by atoms with E-state index in [1.807, 2.05) is 0 Å². The molecule has 8 heteroatoms. The molecule has 28 heavy (non-hydrogen) atoms. The van der Waals surface area contributed by atoms with Crippen LogP contribution in [0.3, 0.4) is 0 Å². The third-order valence-corrected chi connectivity index (χ3v) is 6.61. The number of aromatic carboxylic acids is 1. The molecule has 3 fully saturated rings. The monoisotopic (exact) mass is 389 g/mol. The molecule has 2 atom stereocenters. The molecule has 1 aliphatic carbocycles. The molecule has 3 heterocycles. The van der Waals surface area contributed by atoms with Crippen LogP contribution < -0.4 is 15.6 Å². The first-order valence-corrected chi connectivity index (χ1v) is 9.59. The predicted octanol–water partition coefficient (Wildman–Crippen LogP) is 2.50. The number of nitrogens with one attached hydrogen (secondary N) is 1. The highest BCUT2D eigenvalue weighted by Crippen LogP contribution is 2.45. The lowest BCUT2D eigenvalue weighted by Crippen LogP contribution is -2.38. The van der Waals surface area contributed by atoms with Gasteiger partial charge in [0, 0.05) is 43.3 Å². The second-order valence-corrected chi connectivity index (χ2v) is 8.48. The van der Waals surface area contributed by atoms with E-state index in [1.165, 1.54) is 10.8 Å². The van der Waals surface area contributed by atoms with Crippen LogP contribution in [-0.4, -0.2) is 41.3 Å². The molecule has 2 aliphatic heterocycles. The maximum Gasteiger partial charge on any atom is 0.341 e. The maximum atomic E-state index is 15.7. The van der Waals surface area contributed by atoms with Crippen molar-refractivity contribution in [1.82, 2.24) is 9.88 Å². The number of fused-ring (bicyclic) bond motifs is 2. The molecule has 2 aromatic rings. The SMILES string of the molecule is CC12CCN(c3c(F)cc4c(=O)c(C(=O)O)cn(C5CC5)c4c3F)C1CNC2. The average molecular weight is 389 g/mol. The summed E-state index contributed by atoms with van der Waals surface area (Å²) >= 11 is 0. The molecular formula is C20H21F2N3O3. The second kappa shape index (κ2) is 5.76. The van der Waals surface area contributed by atoms with E-state index < -0.39 is 28.6 Å². The molecule has 0 spiro atoms. The Morgan fingerprint density at radius 3 is 2.79 bits per heavy atom. The highest BCUT2D eigenvalue weighted by molar-refractivity contribution is 5.94. The van der Waals surface area contributed by atoms with Crippen LogP contribution in [0.5, 0.6) is 0 Å². The number of carboxylic acids is 1. The Morgan fingerprint density at radius 2 is 2.11 bits per heavy atom. The second-order valence-electron chi connectivity index (χ2n) is 8.48. The number of nitrogens with zero attached hydrogens (tertiary/aromatic N) is 2. The van der Waals surface area contributed by atoms with E-state index in [4.69, 9.17) is 0 Å². The number of halogens is 2. The largest absolute Gasteiger partial charge is 0.477 e. The molecule has 0 bridgehead atoms. The Morgan fingerprint density at radius 1 is 1.36 bits per heavy atom. The van der Waals surface area contributed by atoms with Crippen LogP contribution in [0, 0.1) is 17.0 Å². The summed E-state index contributed by atoms with van der Waals surface area (Å²) in [6.07, 6.45) is 3.59. The van der Waals surface area contributed by atoms with Crippen LogP contribution >= 0.6 is 0 Å². The molecule has 2 N–H and O–H groups in total. The standard InChI is InChI=1S/C20H21F2N3O3/c1-20-4-5-24(14(20)7-23-9-20)17-13(21)6-11-16(15(17)22)25(10-2-3-10)8-12(18(11)26)19(27)28/h6,8,10,14,23H,2-5,7,9H2,1H3,(H,27,28). The molecule has 5 rings (SSSR count). The van der Waals surface area contributed by atoms with E-state index in [0.717, 1.165) is 31.9 Å². The zero-order valence-corrected chi connectivity index (χ0v) is 15.5. The van der Waals surface area contributed by atoms with Crippen molar-refractivity contribution in [3.63, 3.8) is 0 Å². The average Bonchev–Trinajstić information content (AvgIpc) is 3.33. The third-order valence-electron chi connectivity index (χ3n) is 6.61. The van der Waals surface area contributed by atoms with Gasteiger partial charge in [-0.2, -0.15) is 0 Å². The van der Waals surface area contributed by atoms with Crippen LogP contribution in [0.2, 0.25) is 0 Å². The molecule has 1 aromatic heterocycles. The highest BCUT2D eigenvalue weighted by atomic mass is 19.1. The van der Waals surface area contributed by atoms with Gasteiger partial charge in [-0.3, -0.25) is 4.79 Å². The van der Waals surface area contributed by atoms with Gasteiger partial charge in [-0.1, -0.05) is 6.92 Å². The first-order chi connectivity index (χ1) is 13.3. The first kappa shape index (κ1) is 17.6. The van der Waals surface area contributed by atoms with Gasteiger partial charge in [0.05, 0.1) is 10.9 Å². The predicted molar refractivity (Wildman–Crippen MR) is 100 cm³/mol. The molecule has 6 nitrogen and oxygen atoms in total. The minimum absolute atomic E-state index is 0.00783. The van der Waals surface area contributed by atoms with E-state index >= 15 is 8.78 Å². The van der Waals surface area contributed by atoms with E-state index in [2.05, 4.69) is 12.2 Å². The van der Waals surface area contributed by atoms with E-state index in [1.54, 1.807) is 4.90 Å². The van der Waals surface area contributed by atoms with Gasteiger partial charge < -0.3 is 19.9 Å². The molecule has 1 aromatic carbocycles. The number of hydrogen-bond acceptors (Lipinski definition) is 4. The van der Waals surface area contributed by atoms with E-state index in [0.29, 0.717) is 13.1 Å². The summed E-state index contributed by atoms with van der Waals surface area (Å²) < 4.78 is 32.3. The number of rotatable bonds is 3. The van der Waals surface area contributed by atoms with Gasteiger partial charge in [0.25, 0.3) is 0 Å². The third kappa shape index (κ3) is 2.33. The van der Waals surface area contributed by atoms with Crippen LogP contribution in [0.15, 0.2) is 17.1 Å². The fourth-order valence-corrected chi connectivity index (χ4v) is 4.89. The van der Waals surface area contributed by atoms with Gasteiger partial charge in [-0.05, 0) is 25.3 Å². The fraction of sp³-hybridized carbons (Fsp3) is 0.500. The molecule has 148 valence electrons. The first-order valence-electron chi connectivity index (χ1n) is 9.59. The zero-order chi connectivity index (χ0) is 19.8. The normalized spacial score (nSPS) is 26.8. The van der Waals surface area contributed by atoms with Crippen molar-refractivity contribution in [2.45, 2.75) is 38.3 Å². The van der Waals surface area contributed by atoms with Crippen molar-refractivity contribution in [2.24, 2.45) is 5.41 Å². The maximum absolute atomic E-state index is 15.7. The zero-order valence-electron chi connectivity index (χ0n) is 15.5. The summed E-state index contributed by atoms with van der Waals surface area (Å²) in [6.45, 7) is 4.12. The summed E-state index contributed by atoms with van der Waals surface area (Å²) in [6, 6.07) is 0.929. The Balaban J connectivity index is 1.77. The van der Waals surface area contributed by atoms with Crippen molar-refractivity contribution >= 4 is 22.6 Å². The van der Waals surface area contributed by atoms with Crippen LogP contribution in [0.25, 0.3) is 10.9 Å². The highest BCUT2D eigenvalue weighted by Gasteiger charge is 2.48. The van der Waals surface area contributed by atoms with Gasteiger partial charge in [-0.25, -0.2) is 13.6 Å². The number of benzene rings is 1. The van der Waals surface area contributed by atoms with Crippen molar-refractivity contribution in [2.75, 3.05) is 24.5 Å². The molecule has 3 aliphatic rings. The summed E-state index contributed by atoms with van der Waals surface area (Å²) in [4.78, 5) is 25.8. The lowest BCUT2D eigenvalue weighted by Gasteiger charge is -2.30. The lowest BCUT2D eigenvalue weighted by atomic mass is 9.85. The van der Waals surface area contributed by atoms with E-state index in [9.17, 15) is 14.7 Å². The van der Waals surface area contributed by atoms with Crippen molar-refractivity contribution < 1.29 is 18.7 Å². The van der Waals surface area contributed by atoms with E-state index in [-0.39, 0.29) is 34.1 Å². The van der Waals surface area contributed by atoms with Gasteiger partial charge >= 0.3 is 5.97 Å². The number of anilines is 1. The van der Waals surface area contributed by atoms with Crippen molar-refractivity contribution in [3.8, 4) is 0 Å². The molecule has 2 unspecified atom stereocenters. The summed E-state index contributed by atoms with van der Waals surface area (Å²) in [5.41, 5.74) is -1.45. The van der Waals surface area contributed by atoms with Crippen molar-refractivity contribution in [3.05, 3.63) is 39.7 Å². The lowest BCUT2D eigenvalue weighted by molar-refractivity contribution is 0.0695. The minimum Gasteiger partial charge on any atom is -0.477 e. The topological polar surface area (TPSA) is 74.6 Å². The Bertz CT molecular complexity index is 1080. The number of aromatic nitrogens is 1. The van der Waals surface area contributed by atoms with Crippen molar-refractivity contribution in [1.29, 1.82) is 0 Å². The summed E-state index contributed by atoms with van der Waals surface area (Å²) in [5, 5.41) is 12.4.